The van der Waals surface area contributed by atoms with Gasteiger partial charge in [0.25, 0.3) is 5.91 Å². The summed E-state index contributed by atoms with van der Waals surface area (Å²) in [6.07, 6.45) is 0. The molecule has 1 heterocycles. The monoisotopic (exact) mass is 292 g/mol. The summed E-state index contributed by atoms with van der Waals surface area (Å²) in [5, 5.41) is 6.79. The third-order valence-electron chi connectivity index (χ3n) is 3.47. The molecule has 0 aliphatic heterocycles. The number of benzene rings is 2. The highest BCUT2D eigenvalue weighted by Crippen LogP contribution is 2.21. The second kappa shape index (κ2) is 5.85. The first kappa shape index (κ1) is 14.1. The summed E-state index contributed by atoms with van der Waals surface area (Å²) in [5.74, 6) is -0.112. The highest BCUT2D eigenvalue weighted by atomic mass is 16.5. The van der Waals surface area contributed by atoms with Gasteiger partial charge in [0, 0.05) is 17.3 Å². The number of rotatable bonds is 3. The smallest absolute Gasteiger partial charge is 0.294 e. The molecular formula is C18H16N2O2. The molecule has 0 fully saturated rings. The molecule has 4 heteroatoms. The van der Waals surface area contributed by atoms with Crippen LogP contribution in [0, 0.1) is 13.8 Å². The quantitative estimate of drug-likeness (QED) is 0.786. The summed E-state index contributed by atoms with van der Waals surface area (Å²) in [4.78, 5) is 12.2. The average molecular weight is 292 g/mol. The molecule has 1 aromatic heterocycles. The van der Waals surface area contributed by atoms with Crippen molar-refractivity contribution in [2.75, 3.05) is 5.32 Å². The van der Waals surface area contributed by atoms with Crippen molar-refractivity contribution in [1.29, 1.82) is 0 Å². The first-order chi connectivity index (χ1) is 10.6. The number of hydrogen-bond acceptors (Lipinski definition) is 3. The molecule has 22 heavy (non-hydrogen) atoms. The van der Waals surface area contributed by atoms with Crippen LogP contribution in [-0.4, -0.2) is 11.1 Å². The van der Waals surface area contributed by atoms with Gasteiger partial charge in [-0.05, 0) is 25.5 Å². The molecule has 4 nitrogen and oxygen atoms in total. The second-order valence-electron chi connectivity index (χ2n) is 5.21. The molecule has 2 aromatic carbocycles. The Balaban J connectivity index is 1.80. The largest absolute Gasteiger partial charge is 0.350 e. The topological polar surface area (TPSA) is 55.1 Å². The third kappa shape index (κ3) is 2.91. The Bertz CT molecular complexity index is 804. The third-order valence-corrected chi connectivity index (χ3v) is 3.47. The summed E-state index contributed by atoms with van der Waals surface area (Å²) < 4.78 is 5.16. The fourth-order valence-corrected chi connectivity index (χ4v) is 2.14. The van der Waals surface area contributed by atoms with Crippen molar-refractivity contribution in [2.45, 2.75) is 13.8 Å². The second-order valence-corrected chi connectivity index (χ2v) is 5.21. The molecule has 1 amide bonds. The van der Waals surface area contributed by atoms with Gasteiger partial charge in [-0.25, -0.2) is 0 Å². The first-order valence-corrected chi connectivity index (χ1v) is 7.04. The van der Waals surface area contributed by atoms with Crippen LogP contribution in [0.2, 0.25) is 0 Å². The van der Waals surface area contributed by atoms with Crippen LogP contribution in [0.5, 0.6) is 0 Å². The van der Waals surface area contributed by atoms with Crippen LogP contribution in [0.1, 0.15) is 21.7 Å². The maximum absolute atomic E-state index is 12.2. The zero-order valence-corrected chi connectivity index (χ0v) is 12.5. The number of aromatic nitrogens is 1. The number of carbonyl (C=O) groups excluding carboxylic acids is 1. The number of nitrogens with one attached hydrogen (secondary N) is 1. The van der Waals surface area contributed by atoms with Gasteiger partial charge in [-0.2, -0.15) is 0 Å². The number of anilines is 1. The molecule has 0 radical (unpaired) electrons. The van der Waals surface area contributed by atoms with Gasteiger partial charge in [-0.1, -0.05) is 53.2 Å². The van der Waals surface area contributed by atoms with Gasteiger partial charge in [-0.3, -0.25) is 4.79 Å². The summed E-state index contributed by atoms with van der Waals surface area (Å²) in [6, 6.07) is 17.1. The molecule has 0 bridgehead atoms. The van der Waals surface area contributed by atoms with Gasteiger partial charge < -0.3 is 9.84 Å². The van der Waals surface area contributed by atoms with Crippen LogP contribution in [0.25, 0.3) is 11.3 Å². The molecule has 0 aliphatic rings. The number of aryl methyl sites for hydroxylation is 2. The van der Waals surface area contributed by atoms with Crippen molar-refractivity contribution in [3.63, 3.8) is 0 Å². The van der Waals surface area contributed by atoms with Gasteiger partial charge in [0.1, 0.15) is 5.69 Å². The van der Waals surface area contributed by atoms with E-state index in [0.29, 0.717) is 5.69 Å². The minimum atomic E-state index is -0.305. The lowest BCUT2D eigenvalue weighted by atomic mass is 10.1. The fraction of sp³-hybridized carbons (Fsp3) is 0.111. The summed E-state index contributed by atoms with van der Waals surface area (Å²) in [5.41, 5.74) is 4.50. The Morgan fingerprint density at radius 1 is 1.05 bits per heavy atom. The Morgan fingerprint density at radius 3 is 2.50 bits per heavy atom. The minimum absolute atomic E-state index is 0.193. The number of para-hydroxylation sites is 1. The van der Waals surface area contributed by atoms with E-state index in [4.69, 9.17) is 4.52 Å². The number of carbonyl (C=O) groups is 1. The van der Waals surface area contributed by atoms with E-state index in [1.54, 1.807) is 6.07 Å². The Labute approximate surface area is 128 Å². The Hall–Kier alpha value is -2.88. The molecular weight excluding hydrogens is 276 g/mol. The van der Waals surface area contributed by atoms with Crippen molar-refractivity contribution < 1.29 is 9.32 Å². The summed E-state index contributed by atoms with van der Waals surface area (Å²) in [6.45, 7) is 3.96. The highest BCUT2D eigenvalue weighted by Gasteiger charge is 2.14. The van der Waals surface area contributed by atoms with Gasteiger partial charge in [0.05, 0.1) is 0 Å². The minimum Gasteiger partial charge on any atom is -0.350 e. The SMILES string of the molecule is Cc1ccc(-c2cc(C(=O)Nc3ccccc3C)on2)cc1. The Morgan fingerprint density at radius 2 is 1.77 bits per heavy atom. The molecule has 0 saturated heterocycles. The number of nitrogens with zero attached hydrogens (tertiary/aromatic N) is 1. The normalized spacial score (nSPS) is 10.5. The number of hydrogen-bond donors (Lipinski definition) is 1. The zero-order chi connectivity index (χ0) is 15.5. The molecule has 3 rings (SSSR count). The molecule has 110 valence electrons. The van der Waals surface area contributed by atoms with Crippen LogP contribution in [0.3, 0.4) is 0 Å². The van der Waals surface area contributed by atoms with Gasteiger partial charge in [0.15, 0.2) is 0 Å². The molecule has 0 saturated carbocycles. The lowest BCUT2D eigenvalue weighted by Gasteiger charge is -2.05. The van der Waals surface area contributed by atoms with Gasteiger partial charge in [0.2, 0.25) is 5.76 Å². The van der Waals surface area contributed by atoms with E-state index in [1.165, 1.54) is 5.56 Å². The van der Waals surface area contributed by atoms with Crippen LogP contribution in [0.15, 0.2) is 59.1 Å². The maximum Gasteiger partial charge on any atom is 0.294 e. The van der Waals surface area contributed by atoms with Gasteiger partial charge in [-0.15, -0.1) is 0 Å². The Kier molecular flexibility index (Phi) is 3.74. The lowest BCUT2D eigenvalue weighted by molar-refractivity contribution is 0.0988. The maximum atomic E-state index is 12.2. The van der Waals surface area contributed by atoms with E-state index in [9.17, 15) is 4.79 Å². The van der Waals surface area contributed by atoms with E-state index in [0.717, 1.165) is 16.8 Å². The van der Waals surface area contributed by atoms with E-state index in [2.05, 4.69) is 10.5 Å². The van der Waals surface area contributed by atoms with Crippen molar-refractivity contribution in [1.82, 2.24) is 5.16 Å². The number of amides is 1. The summed E-state index contributed by atoms with van der Waals surface area (Å²) in [7, 11) is 0. The predicted octanol–water partition coefficient (Wildman–Crippen LogP) is 4.21. The molecule has 1 N–H and O–H groups in total. The fourth-order valence-electron chi connectivity index (χ4n) is 2.14. The highest BCUT2D eigenvalue weighted by molar-refractivity contribution is 6.03. The van der Waals surface area contributed by atoms with E-state index >= 15 is 0 Å². The van der Waals surface area contributed by atoms with E-state index in [-0.39, 0.29) is 11.7 Å². The van der Waals surface area contributed by atoms with Crippen LogP contribution in [0.4, 0.5) is 5.69 Å². The van der Waals surface area contributed by atoms with Crippen molar-refractivity contribution in [3.05, 3.63) is 71.5 Å². The molecule has 0 aliphatic carbocycles. The van der Waals surface area contributed by atoms with E-state index < -0.39 is 0 Å². The summed E-state index contributed by atoms with van der Waals surface area (Å²) >= 11 is 0. The molecule has 0 unspecified atom stereocenters. The average Bonchev–Trinajstić information content (AvgIpc) is 3.00. The van der Waals surface area contributed by atoms with Crippen LogP contribution in [-0.2, 0) is 0 Å². The van der Waals surface area contributed by atoms with Crippen molar-refractivity contribution in [3.8, 4) is 11.3 Å². The lowest BCUT2D eigenvalue weighted by Crippen LogP contribution is -2.11. The predicted molar refractivity (Wildman–Crippen MR) is 85.8 cm³/mol. The zero-order valence-electron chi connectivity index (χ0n) is 12.5. The molecule has 0 atom stereocenters. The molecule has 3 aromatic rings. The molecule has 0 spiro atoms. The van der Waals surface area contributed by atoms with Crippen molar-refractivity contribution in [2.24, 2.45) is 0 Å². The van der Waals surface area contributed by atoms with Crippen molar-refractivity contribution >= 4 is 11.6 Å². The van der Waals surface area contributed by atoms with Crippen LogP contribution < -0.4 is 5.32 Å². The van der Waals surface area contributed by atoms with Crippen LogP contribution >= 0.6 is 0 Å². The standard InChI is InChI=1S/C18H16N2O2/c1-12-7-9-14(10-8-12)16-11-17(22-20-16)18(21)19-15-6-4-3-5-13(15)2/h3-11H,1-2H3,(H,19,21). The van der Waals surface area contributed by atoms with Gasteiger partial charge >= 0.3 is 0 Å². The van der Waals surface area contributed by atoms with E-state index in [1.807, 2.05) is 62.4 Å². The first-order valence-electron chi connectivity index (χ1n) is 7.04.